The Morgan fingerprint density at radius 2 is 1.03 bits per heavy atom. The van der Waals surface area contributed by atoms with Crippen LogP contribution in [-0.2, 0) is 19.1 Å². The van der Waals surface area contributed by atoms with Gasteiger partial charge in [-0.1, -0.05) is 60.7 Å². The molecule has 4 amide bonds. The SMILES string of the molecule is O=C1OCCN1C(=O)[C@H](c1ccccc1)[C@H](C(=O)N1CCOC1=O)c1ccccc1. The number of nitrogens with zero attached hydrogens (tertiary/aromatic N) is 2. The lowest BCUT2D eigenvalue weighted by molar-refractivity contribution is -0.136. The van der Waals surface area contributed by atoms with E-state index in [4.69, 9.17) is 9.47 Å². The number of hydrogen-bond acceptors (Lipinski definition) is 6. The van der Waals surface area contributed by atoms with Gasteiger partial charge in [0.05, 0.1) is 24.9 Å². The Balaban J connectivity index is 1.82. The van der Waals surface area contributed by atoms with Gasteiger partial charge in [0, 0.05) is 0 Å². The average molecular weight is 408 g/mol. The molecule has 0 spiro atoms. The molecule has 2 aliphatic rings. The lowest BCUT2D eigenvalue weighted by atomic mass is 9.79. The van der Waals surface area contributed by atoms with E-state index in [1.165, 1.54) is 0 Å². The van der Waals surface area contributed by atoms with Gasteiger partial charge < -0.3 is 9.47 Å². The second-order valence-electron chi connectivity index (χ2n) is 6.99. The van der Waals surface area contributed by atoms with E-state index in [9.17, 15) is 19.2 Å². The van der Waals surface area contributed by atoms with Crippen LogP contribution in [-0.4, -0.2) is 60.1 Å². The van der Waals surface area contributed by atoms with Gasteiger partial charge in [-0.15, -0.1) is 0 Å². The first-order valence-electron chi connectivity index (χ1n) is 9.64. The maximum absolute atomic E-state index is 13.5. The van der Waals surface area contributed by atoms with Crippen molar-refractivity contribution in [2.45, 2.75) is 11.8 Å². The van der Waals surface area contributed by atoms with Crippen molar-refractivity contribution in [2.75, 3.05) is 26.3 Å². The first-order valence-corrected chi connectivity index (χ1v) is 9.64. The molecule has 0 aliphatic carbocycles. The van der Waals surface area contributed by atoms with Gasteiger partial charge in [-0.25, -0.2) is 19.4 Å². The second-order valence-corrected chi connectivity index (χ2v) is 6.99. The molecule has 2 heterocycles. The summed E-state index contributed by atoms with van der Waals surface area (Å²) in [5.74, 6) is -3.11. The summed E-state index contributed by atoms with van der Waals surface area (Å²) < 4.78 is 9.86. The maximum atomic E-state index is 13.5. The van der Waals surface area contributed by atoms with Crippen LogP contribution in [0.1, 0.15) is 23.0 Å². The highest BCUT2D eigenvalue weighted by Gasteiger charge is 2.45. The number of carbonyl (C=O) groups is 4. The Morgan fingerprint density at radius 3 is 1.33 bits per heavy atom. The first-order chi connectivity index (χ1) is 14.6. The van der Waals surface area contributed by atoms with Crippen LogP contribution < -0.4 is 0 Å². The molecule has 2 aromatic rings. The van der Waals surface area contributed by atoms with Crippen molar-refractivity contribution in [2.24, 2.45) is 0 Å². The smallest absolute Gasteiger partial charge is 0.416 e. The second kappa shape index (κ2) is 8.36. The van der Waals surface area contributed by atoms with E-state index in [1.54, 1.807) is 60.7 Å². The lowest BCUT2D eigenvalue weighted by Gasteiger charge is -2.30. The summed E-state index contributed by atoms with van der Waals surface area (Å²) in [5.41, 5.74) is 1.13. The van der Waals surface area contributed by atoms with Gasteiger partial charge in [-0.2, -0.15) is 0 Å². The Kier molecular flexibility index (Phi) is 5.47. The Labute approximate surface area is 173 Å². The van der Waals surface area contributed by atoms with E-state index >= 15 is 0 Å². The fourth-order valence-corrected chi connectivity index (χ4v) is 3.80. The predicted octanol–water partition coefficient (Wildman–Crippen LogP) is 2.51. The van der Waals surface area contributed by atoms with Crippen LogP contribution in [0, 0.1) is 0 Å². The zero-order valence-electron chi connectivity index (χ0n) is 16.1. The van der Waals surface area contributed by atoms with Crippen LogP contribution >= 0.6 is 0 Å². The molecule has 2 atom stereocenters. The third-order valence-corrected chi connectivity index (χ3v) is 5.24. The molecule has 8 heteroatoms. The van der Waals surface area contributed by atoms with Crippen molar-refractivity contribution >= 4 is 24.0 Å². The zero-order chi connectivity index (χ0) is 21.1. The minimum Gasteiger partial charge on any atom is -0.447 e. The van der Waals surface area contributed by atoms with Gasteiger partial charge >= 0.3 is 12.2 Å². The minimum atomic E-state index is -1.01. The van der Waals surface area contributed by atoms with Crippen molar-refractivity contribution in [1.82, 2.24) is 9.80 Å². The minimum absolute atomic E-state index is 0.106. The number of benzene rings is 2. The van der Waals surface area contributed by atoms with Crippen LogP contribution in [0.25, 0.3) is 0 Å². The highest BCUT2D eigenvalue weighted by molar-refractivity contribution is 6.04. The molecule has 0 N–H and O–H groups in total. The standard InChI is InChI=1S/C22H20N2O6/c25-19(23-11-13-29-21(23)27)17(15-7-3-1-4-8-15)18(16-9-5-2-6-10-16)20(26)24-12-14-30-22(24)28/h1-10,17-18H,11-14H2/t17-,18-/m1/s1. The quantitative estimate of drug-likeness (QED) is 0.755. The summed E-state index contributed by atoms with van der Waals surface area (Å²) in [6, 6.07) is 17.6. The van der Waals surface area contributed by atoms with Crippen LogP contribution in [0.5, 0.6) is 0 Å². The van der Waals surface area contributed by atoms with E-state index in [-0.39, 0.29) is 26.3 Å². The average Bonchev–Trinajstić information content (AvgIpc) is 3.40. The lowest BCUT2D eigenvalue weighted by Crippen LogP contribution is -2.44. The van der Waals surface area contributed by atoms with Gasteiger partial charge in [-0.3, -0.25) is 9.59 Å². The molecule has 2 fully saturated rings. The number of cyclic esters (lactones) is 2. The highest BCUT2D eigenvalue weighted by Crippen LogP contribution is 2.37. The number of hydrogen-bond donors (Lipinski definition) is 0. The summed E-state index contributed by atoms with van der Waals surface area (Å²) in [4.78, 5) is 53.3. The normalized spacial score (nSPS) is 18.0. The summed E-state index contributed by atoms with van der Waals surface area (Å²) >= 11 is 0. The molecular formula is C22H20N2O6. The van der Waals surface area contributed by atoms with Crippen LogP contribution in [0.2, 0.25) is 0 Å². The number of ether oxygens (including phenoxy) is 2. The molecule has 154 valence electrons. The first kappa shape index (κ1) is 19.6. The topological polar surface area (TPSA) is 93.2 Å². The third-order valence-electron chi connectivity index (χ3n) is 5.24. The van der Waals surface area contributed by atoms with E-state index in [1.807, 2.05) is 0 Å². The summed E-state index contributed by atoms with van der Waals surface area (Å²) in [6.07, 6.45) is -1.47. The van der Waals surface area contributed by atoms with E-state index in [2.05, 4.69) is 0 Å². The van der Waals surface area contributed by atoms with Crippen molar-refractivity contribution in [3.05, 3.63) is 71.8 Å². The molecular weight excluding hydrogens is 388 g/mol. The number of rotatable bonds is 5. The molecule has 4 rings (SSSR count). The van der Waals surface area contributed by atoms with Gasteiger partial charge in [0.25, 0.3) is 0 Å². The van der Waals surface area contributed by atoms with Crippen LogP contribution in [0.4, 0.5) is 9.59 Å². The molecule has 30 heavy (non-hydrogen) atoms. The molecule has 0 unspecified atom stereocenters. The molecule has 0 saturated carbocycles. The van der Waals surface area contributed by atoms with Gasteiger partial charge in [0.1, 0.15) is 13.2 Å². The summed E-state index contributed by atoms with van der Waals surface area (Å²) in [7, 11) is 0. The highest BCUT2D eigenvalue weighted by atomic mass is 16.6. The molecule has 0 bridgehead atoms. The van der Waals surface area contributed by atoms with Crippen molar-refractivity contribution in [3.63, 3.8) is 0 Å². The number of imide groups is 2. The molecule has 2 aliphatic heterocycles. The summed E-state index contributed by atoms with van der Waals surface area (Å²) in [5, 5.41) is 0. The molecule has 2 aromatic carbocycles. The van der Waals surface area contributed by atoms with E-state index in [0.29, 0.717) is 11.1 Å². The monoisotopic (exact) mass is 408 g/mol. The zero-order valence-corrected chi connectivity index (χ0v) is 16.1. The van der Waals surface area contributed by atoms with Crippen LogP contribution in [0.3, 0.4) is 0 Å². The molecule has 0 aromatic heterocycles. The largest absolute Gasteiger partial charge is 0.447 e. The number of carbonyl (C=O) groups excluding carboxylic acids is 4. The predicted molar refractivity (Wildman–Crippen MR) is 104 cm³/mol. The molecule has 2 saturated heterocycles. The Bertz CT molecular complexity index is 883. The Hall–Kier alpha value is -3.68. The van der Waals surface area contributed by atoms with Gasteiger partial charge in [0.2, 0.25) is 11.8 Å². The van der Waals surface area contributed by atoms with E-state index in [0.717, 1.165) is 9.80 Å². The van der Waals surface area contributed by atoms with Gasteiger partial charge in [-0.05, 0) is 11.1 Å². The van der Waals surface area contributed by atoms with E-state index < -0.39 is 35.8 Å². The summed E-state index contributed by atoms with van der Waals surface area (Å²) in [6.45, 7) is 0.438. The number of amides is 4. The molecule has 0 radical (unpaired) electrons. The van der Waals surface area contributed by atoms with Crippen molar-refractivity contribution in [1.29, 1.82) is 0 Å². The van der Waals surface area contributed by atoms with Crippen molar-refractivity contribution in [3.8, 4) is 0 Å². The third kappa shape index (κ3) is 3.63. The van der Waals surface area contributed by atoms with Crippen molar-refractivity contribution < 1.29 is 28.7 Å². The fraction of sp³-hybridized carbons (Fsp3) is 0.273. The fourth-order valence-electron chi connectivity index (χ4n) is 3.80. The van der Waals surface area contributed by atoms with Gasteiger partial charge in [0.15, 0.2) is 0 Å². The Morgan fingerprint density at radius 1 is 0.667 bits per heavy atom. The maximum Gasteiger partial charge on any atom is 0.416 e. The molecule has 8 nitrogen and oxygen atoms in total. The van der Waals surface area contributed by atoms with Crippen LogP contribution in [0.15, 0.2) is 60.7 Å².